The first-order valence-electron chi connectivity index (χ1n) is 4.25. The maximum atomic E-state index is 4.03. The van der Waals surface area contributed by atoms with Gasteiger partial charge in [0.15, 0.2) is 0 Å². The van der Waals surface area contributed by atoms with Crippen LogP contribution in [0.2, 0.25) is 0 Å². The van der Waals surface area contributed by atoms with Crippen molar-refractivity contribution in [3.8, 4) is 0 Å². The molecular weight excluding hydrogens is 122 g/mol. The Kier molecular flexibility index (Phi) is 2.94. The van der Waals surface area contributed by atoms with Crippen LogP contribution in [0.25, 0.3) is 0 Å². The van der Waals surface area contributed by atoms with Gasteiger partial charge in [-0.25, -0.2) is 0 Å². The van der Waals surface area contributed by atoms with Crippen LogP contribution in [0.5, 0.6) is 0 Å². The highest BCUT2D eigenvalue weighted by Crippen LogP contribution is 2.14. The number of nitrogens with one attached hydrogen (secondary N) is 1. The Labute approximate surface area is 63.5 Å². The van der Waals surface area contributed by atoms with Gasteiger partial charge in [0.05, 0.1) is 0 Å². The molecule has 1 N–H and O–H groups in total. The van der Waals surface area contributed by atoms with Crippen LogP contribution >= 0.6 is 0 Å². The van der Waals surface area contributed by atoms with E-state index in [4.69, 9.17) is 0 Å². The Morgan fingerprint density at radius 3 is 2.90 bits per heavy atom. The SMILES string of the molecule is C=C(CC)[C@H]1CCCCN1. The van der Waals surface area contributed by atoms with Crippen molar-refractivity contribution in [2.75, 3.05) is 6.54 Å². The van der Waals surface area contributed by atoms with E-state index >= 15 is 0 Å². The molecule has 0 aromatic carbocycles. The lowest BCUT2D eigenvalue weighted by atomic mass is 9.97. The van der Waals surface area contributed by atoms with Gasteiger partial charge in [0, 0.05) is 6.04 Å². The molecule has 1 heteroatoms. The summed E-state index contributed by atoms with van der Waals surface area (Å²) in [5.41, 5.74) is 1.37. The summed E-state index contributed by atoms with van der Waals surface area (Å²) in [6, 6.07) is 0.624. The highest BCUT2D eigenvalue weighted by Gasteiger charge is 2.13. The van der Waals surface area contributed by atoms with Crippen LogP contribution in [0, 0.1) is 0 Å². The molecule has 0 aromatic rings. The van der Waals surface area contributed by atoms with Crippen LogP contribution in [0.4, 0.5) is 0 Å². The summed E-state index contributed by atoms with van der Waals surface area (Å²) < 4.78 is 0. The predicted octanol–water partition coefficient (Wildman–Crippen LogP) is 2.09. The Hall–Kier alpha value is -0.300. The zero-order valence-corrected chi connectivity index (χ0v) is 6.82. The standard InChI is InChI=1S/C9H17N/c1-3-8(2)9-6-4-5-7-10-9/h9-10H,2-7H2,1H3/t9-/m1/s1. The topological polar surface area (TPSA) is 12.0 Å². The molecule has 1 saturated heterocycles. The van der Waals surface area contributed by atoms with Crippen molar-refractivity contribution in [3.63, 3.8) is 0 Å². The second-order valence-corrected chi connectivity index (χ2v) is 3.01. The number of hydrogen-bond acceptors (Lipinski definition) is 1. The van der Waals surface area contributed by atoms with Crippen LogP contribution < -0.4 is 5.32 Å². The van der Waals surface area contributed by atoms with Crippen molar-refractivity contribution >= 4 is 0 Å². The van der Waals surface area contributed by atoms with E-state index in [0.717, 1.165) is 6.42 Å². The highest BCUT2D eigenvalue weighted by atomic mass is 14.9. The summed E-state index contributed by atoms with van der Waals surface area (Å²) in [5.74, 6) is 0. The summed E-state index contributed by atoms with van der Waals surface area (Å²) in [6.45, 7) is 7.40. The smallest absolute Gasteiger partial charge is 0.0276 e. The van der Waals surface area contributed by atoms with Crippen LogP contribution in [-0.2, 0) is 0 Å². The average molecular weight is 139 g/mol. The largest absolute Gasteiger partial charge is 0.310 e. The first-order valence-corrected chi connectivity index (χ1v) is 4.25. The number of rotatable bonds is 2. The first kappa shape index (κ1) is 7.80. The van der Waals surface area contributed by atoms with E-state index in [1.54, 1.807) is 0 Å². The van der Waals surface area contributed by atoms with Crippen molar-refractivity contribution in [1.29, 1.82) is 0 Å². The van der Waals surface area contributed by atoms with Crippen molar-refractivity contribution in [1.82, 2.24) is 5.32 Å². The molecule has 1 atom stereocenters. The normalized spacial score (nSPS) is 26.3. The van der Waals surface area contributed by atoms with Crippen molar-refractivity contribution in [2.24, 2.45) is 0 Å². The second-order valence-electron chi connectivity index (χ2n) is 3.01. The Morgan fingerprint density at radius 1 is 1.60 bits per heavy atom. The van der Waals surface area contributed by atoms with Crippen LogP contribution in [-0.4, -0.2) is 12.6 Å². The van der Waals surface area contributed by atoms with Gasteiger partial charge in [0.1, 0.15) is 0 Å². The summed E-state index contributed by atoms with van der Waals surface area (Å²) in [4.78, 5) is 0. The molecular formula is C9H17N. The Balaban J connectivity index is 2.31. The maximum Gasteiger partial charge on any atom is 0.0276 e. The molecule has 1 rings (SSSR count). The van der Waals surface area contributed by atoms with E-state index in [1.807, 2.05) is 0 Å². The molecule has 1 heterocycles. The minimum atomic E-state index is 0.624. The Bertz CT molecular complexity index is 112. The zero-order chi connectivity index (χ0) is 7.40. The van der Waals surface area contributed by atoms with E-state index in [-0.39, 0.29) is 0 Å². The van der Waals surface area contributed by atoms with Gasteiger partial charge in [0.2, 0.25) is 0 Å². The molecule has 1 aliphatic heterocycles. The van der Waals surface area contributed by atoms with Crippen molar-refractivity contribution < 1.29 is 0 Å². The minimum Gasteiger partial charge on any atom is -0.310 e. The third-order valence-electron chi connectivity index (χ3n) is 2.26. The van der Waals surface area contributed by atoms with E-state index in [2.05, 4.69) is 18.8 Å². The molecule has 0 saturated carbocycles. The summed E-state index contributed by atoms with van der Waals surface area (Å²) >= 11 is 0. The van der Waals surface area contributed by atoms with Gasteiger partial charge in [-0.05, 0) is 25.8 Å². The number of piperidine rings is 1. The quantitative estimate of drug-likeness (QED) is 0.578. The van der Waals surface area contributed by atoms with Gasteiger partial charge in [-0.3, -0.25) is 0 Å². The average Bonchev–Trinajstić information content (AvgIpc) is 2.05. The molecule has 0 radical (unpaired) electrons. The number of hydrogen-bond donors (Lipinski definition) is 1. The molecule has 1 fully saturated rings. The first-order chi connectivity index (χ1) is 4.84. The minimum absolute atomic E-state index is 0.624. The lowest BCUT2D eigenvalue weighted by molar-refractivity contribution is 0.435. The molecule has 0 aliphatic carbocycles. The summed E-state index contributed by atoms with van der Waals surface area (Å²) in [7, 11) is 0. The van der Waals surface area contributed by atoms with Crippen LogP contribution in [0.3, 0.4) is 0 Å². The molecule has 10 heavy (non-hydrogen) atoms. The maximum absolute atomic E-state index is 4.03. The van der Waals surface area contributed by atoms with E-state index in [0.29, 0.717) is 6.04 Å². The summed E-state index contributed by atoms with van der Waals surface area (Å²) in [6.07, 6.45) is 5.13. The predicted molar refractivity (Wildman–Crippen MR) is 45.1 cm³/mol. The highest BCUT2D eigenvalue weighted by molar-refractivity contribution is 5.05. The van der Waals surface area contributed by atoms with Gasteiger partial charge >= 0.3 is 0 Å². The van der Waals surface area contributed by atoms with E-state index < -0.39 is 0 Å². The molecule has 0 aromatic heterocycles. The third-order valence-corrected chi connectivity index (χ3v) is 2.26. The molecule has 0 bridgehead atoms. The molecule has 0 spiro atoms. The van der Waals surface area contributed by atoms with Crippen molar-refractivity contribution in [3.05, 3.63) is 12.2 Å². The molecule has 58 valence electrons. The lowest BCUT2D eigenvalue weighted by Gasteiger charge is -2.24. The fraction of sp³-hybridized carbons (Fsp3) is 0.778. The second kappa shape index (κ2) is 3.77. The Morgan fingerprint density at radius 2 is 2.40 bits per heavy atom. The van der Waals surface area contributed by atoms with Gasteiger partial charge in [-0.15, -0.1) is 0 Å². The fourth-order valence-corrected chi connectivity index (χ4v) is 1.45. The zero-order valence-electron chi connectivity index (χ0n) is 6.82. The van der Waals surface area contributed by atoms with Gasteiger partial charge in [-0.2, -0.15) is 0 Å². The fourth-order valence-electron chi connectivity index (χ4n) is 1.45. The molecule has 0 unspecified atom stereocenters. The van der Waals surface area contributed by atoms with Gasteiger partial charge < -0.3 is 5.32 Å². The van der Waals surface area contributed by atoms with Crippen LogP contribution in [0.15, 0.2) is 12.2 Å². The van der Waals surface area contributed by atoms with Crippen LogP contribution in [0.1, 0.15) is 32.6 Å². The van der Waals surface area contributed by atoms with E-state index in [9.17, 15) is 0 Å². The molecule has 1 aliphatic rings. The monoisotopic (exact) mass is 139 g/mol. The molecule has 0 amide bonds. The third kappa shape index (κ3) is 1.84. The molecule has 1 nitrogen and oxygen atoms in total. The summed E-state index contributed by atoms with van der Waals surface area (Å²) in [5, 5.41) is 3.47. The van der Waals surface area contributed by atoms with Crippen molar-refractivity contribution in [2.45, 2.75) is 38.6 Å². The van der Waals surface area contributed by atoms with Gasteiger partial charge in [0.25, 0.3) is 0 Å². The van der Waals surface area contributed by atoms with E-state index in [1.165, 1.54) is 31.4 Å². The lowest BCUT2D eigenvalue weighted by Crippen LogP contribution is -2.34. The van der Waals surface area contributed by atoms with Gasteiger partial charge in [-0.1, -0.05) is 25.5 Å².